The van der Waals surface area contributed by atoms with Crippen LogP contribution in [0.5, 0.6) is 0 Å². The zero-order chi connectivity index (χ0) is 33.5. The van der Waals surface area contributed by atoms with Crippen LogP contribution in [-0.2, 0) is 18.0 Å². The molecule has 15 heteroatoms. The Morgan fingerprint density at radius 1 is 0.638 bits per heavy atom. The number of amides is 2. The fraction of sp³-hybridized carbons (Fsp3) is 0.188. The summed E-state index contributed by atoms with van der Waals surface area (Å²) in [5.74, 6) is -4.66. The summed E-state index contributed by atoms with van der Waals surface area (Å²) >= 11 is 0. The normalized spacial score (nSPS) is 15.4. The highest BCUT2D eigenvalue weighted by atomic mass is 16.7. The Bertz CT molecular complexity index is 1780. The number of ether oxygens (including phenoxy) is 1. The number of benzene rings is 2. The van der Waals surface area contributed by atoms with E-state index in [0.29, 0.717) is 20.6 Å². The highest BCUT2D eigenvalue weighted by Gasteiger charge is 2.33. The Morgan fingerprint density at radius 2 is 1.02 bits per heavy atom. The fourth-order valence-electron chi connectivity index (χ4n) is 4.71. The van der Waals surface area contributed by atoms with Crippen molar-refractivity contribution in [2.45, 2.75) is 25.3 Å². The third-order valence-corrected chi connectivity index (χ3v) is 7.13. The monoisotopic (exact) mass is 644 g/mol. The lowest BCUT2D eigenvalue weighted by Gasteiger charge is -2.22. The van der Waals surface area contributed by atoms with Crippen LogP contribution in [0.3, 0.4) is 0 Å². The number of aromatic carboxylic acids is 2. The lowest BCUT2D eigenvalue weighted by molar-refractivity contribution is 0.0621. The van der Waals surface area contributed by atoms with Crippen molar-refractivity contribution in [3.8, 4) is 0 Å². The number of rotatable bonds is 12. The van der Waals surface area contributed by atoms with Crippen molar-refractivity contribution in [2.24, 2.45) is 0 Å². The van der Waals surface area contributed by atoms with Crippen molar-refractivity contribution in [3.63, 3.8) is 0 Å². The molecular weight excluding hydrogens is 616 g/mol. The predicted molar refractivity (Wildman–Crippen MR) is 162 cm³/mol. The number of carbonyl (C=O) groups excluding carboxylic acids is 2. The summed E-state index contributed by atoms with van der Waals surface area (Å²) in [6.45, 7) is -0.392. The van der Waals surface area contributed by atoms with E-state index in [0.717, 1.165) is 24.3 Å². The quantitative estimate of drug-likeness (QED) is 0.168. The molecule has 1 aliphatic heterocycles. The van der Waals surface area contributed by atoms with Crippen molar-refractivity contribution in [2.75, 3.05) is 13.2 Å². The molecule has 1 saturated heterocycles. The van der Waals surface area contributed by atoms with Gasteiger partial charge in [-0.25, -0.2) is 9.59 Å². The molecule has 5 rings (SSSR count). The molecule has 4 aromatic rings. The van der Waals surface area contributed by atoms with Gasteiger partial charge in [0.2, 0.25) is 0 Å². The van der Waals surface area contributed by atoms with Crippen LogP contribution in [0.1, 0.15) is 52.8 Å². The second-order valence-electron chi connectivity index (χ2n) is 10.3. The molecule has 1 fully saturated rings. The van der Waals surface area contributed by atoms with Crippen molar-refractivity contribution in [1.29, 1.82) is 0 Å². The van der Waals surface area contributed by atoms with Gasteiger partial charge in [0.15, 0.2) is 0 Å². The first-order valence-corrected chi connectivity index (χ1v) is 14.2. The first-order valence-electron chi connectivity index (χ1n) is 14.2. The van der Waals surface area contributed by atoms with Crippen LogP contribution < -0.4 is 31.4 Å². The van der Waals surface area contributed by atoms with Gasteiger partial charge in [-0.05, 0) is 35.4 Å². The Balaban J connectivity index is 1.35. The number of nitrogens with one attached hydrogen (secondary N) is 2. The van der Waals surface area contributed by atoms with Crippen LogP contribution in [-0.4, -0.2) is 68.7 Å². The van der Waals surface area contributed by atoms with Crippen molar-refractivity contribution >= 4 is 23.8 Å². The van der Waals surface area contributed by atoms with E-state index >= 15 is 0 Å². The molecule has 242 valence electrons. The minimum absolute atomic E-state index is 0.0474. The predicted octanol–water partition coefficient (Wildman–Crippen LogP) is 0.591. The maximum Gasteiger partial charge on any atom is 0.341 e. The van der Waals surface area contributed by atoms with E-state index in [4.69, 9.17) is 14.4 Å². The van der Waals surface area contributed by atoms with Gasteiger partial charge in [0.25, 0.3) is 22.9 Å². The number of carbonyl (C=O) groups is 4. The number of hydrogen-bond acceptors (Lipinski definition) is 9. The van der Waals surface area contributed by atoms with Gasteiger partial charge in [0.1, 0.15) is 35.7 Å². The van der Waals surface area contributed by atoms with Crippen LogP contribution in [0.2, 0.25) is 0 Å². The van der Waals surface area contributed by atoms with Crippen LogP contribution in [0, 0.1) is 0 Å². The Morgan fingerprint density at radius 3 is 1.38 bits per heavy atom. The molecule has 0 saturated carbocycles. The summed E-state index contributed by atoms with van der Waals surface area (Å²) in [5.41, 5.74) is -2.65. The first-order chi connectivity index (χ1) is 22.6. The Kier molecular flexibility index (Phi) is 9.76. The molecule has 3 heterocycles. The molecule has 0 radical (unpaired) electrons. The van der Waals surface area contributed by atoms with Crippen LogP contribution in [0.25, 0.3) is 0 Å². The minimum Gasteiger partial charge on any atom is -0.477 e. The third-order valence-electron chi connectivity index (χ3n) is 7.13. The maximum absolute atomic E-state index is 13.4. The van der Waals surface area contributed by atoms with E-state index in [1.807, 2.05) is 0 Å². The molecule has 2 amide bonds. The number of carboxylic acids is 2. The molecule has 2 aromatic heterocycles. The van der Waals surface area contributed by atoms with Crippen LogP contribution in [0.15, 0.2) is 94.5 Å². The fourth-order valence-corrected chi connectivity index (χ4v) is 4.71. The van der Waals surface area contributed by atoms with Crippen molar-refractivity contribution in [1.82, 2.24) is 20.1 Å². The molecule has 0 spiro atoms. The summed E-state index contributed by atoms with van der Waals surface area (Å²) in [6, 6.07) is 19.9. The van der Waals surface area contributed by atoms with Gasteiger partial charge in [-0.1, -0.05) is 60.7 Å². The maximum atomic E-state index is 13.4. The molecule has 1 aliphatic rings. The van der Waals surface area contributed by atoms with Gasteiger partial charge in [0, 0.05) is 0 Å². The largest absolute Gasteiger partial charge is 0.477 e. The second-order valence-corrected chi connectivity index (χ2v) is 10.3. The number of pyridine rings is 2. The van der Waals surface area contributed by atoms with Crippen LogP contribution in [0.4, 0.5) is 0 Å². The van der Waals surface area contributed by atoms with E-state index < -0.39 is 58.1 Å². The highest BCUT2D eigenvalue weighted by Crippen LogP contribution is 2.11. The highest BCUT2D eigenvalue weighted by molar-refractivity contribution is 5.95. The van der Waals surface area contributed by atoms with Crippen molar-refractivity contribution < 1.29 is 43.8 Å². The van der Waals surface area contributed by atoms with Gasteiger partial charge in [-0.15, -0.1) is 9.46 Å². The van der Waals surface area contributed by atoms with E-state index in [1.165, 1.54) is 0 Å². The molecule has 2 atom stereocenters. The zero-order valence-corrected chi connectivity index (χ0v) is 24.5. The first kappa shape index (κ1) is 32.2. The third kappa shape index (κ3) is 7.37. The van der Waals surface area contributed by atoms with E-state index in [-0.39, 0.29) is 37.8 Å². The molecule has 2 aromatic carbocycles. The number of nitrogens with zero attached hydrogens (tertiary/aromatic N) is 2. The summed E-state index contributed by atoms with van der Waals surface area (Å²) in [6.07, 6.45) is 0. The molecule has 0 aliphatic carbocycles. The minimum atomic E-state index is -1.51. The number of carboxylic acid groups (broad SMARTS) is 2. The summed E-state index contributed by atoms with van der Waals surface area (Å²) in [5, 5.41) is 24.2. The standard InChI is InChI=1S/C32H28N4O11/c37-27(25-13-11-21(31(41)42)29(39)35(25)46-15-19-7-3-1-4-8-19)33-23-17-45-18-24(23)34-28(38)26-14-12-22(32(43)44)30(40)36(26)47-16-20-9-5-2-6-10-20/h1-14,23-24H,15-18H2,(H,33,37)(H,34,38)(H,41,42)(H,43,44)/t23-,24+. The average Bonchev–Trinajstić information content (AvgIpc) is 3.49. The molecular formula is C32H28N4O11. The van der Waals surface area contributed by atoms with E-state index in [9.17, 15) is 39.0 Å². The molecule has 47 heavy (non-hydrogen) atoms. The van der Waals surface area contributed by atoms with E-state index in [1.54, 1.807) is 60.7 Å². The Labute approximate surface area is 265 Å². The summed E-state index contributed by atoms with van der Waals surface area (Å²) in [7, 11) is 0. The summed E-state index contributed by atoms with van der Waals surface area (Å²) in [4.78, 5) is 87.0. The smallest absolute Gasteiger partial charge is 0.341 e. The second kappa shape index (κ2) is 14.3. The molecule has 15 nitrogen and oxygen atoms in total. The number of aromatic nitrogens is 2. The Hall–Kier alpha value is -6.22. The van der Waals surface area contributed by atoms with Crippen molar-refractivity contribution in [3.05, 3.63) is 139 Å². The average molecular weight is 645 g/mol. The van der Waals surface area contributed by atoms with Gasteiger partial charge >= 0.3 is 11.9 Å². The van der Waals surface area contributed by atoms with Gasteiger partial charge < -0.3 is 35.3 Å². The topological polar surface area (TPSA) is 204 Å². The summed E-state index contributed by atoms with van der Waals surface area (Å²) < 4.78 is 6.68. The van der Waals surface area contributed by atoms with E-state index in [2.05, 4.69) is 10.6 Å². The lowest BCUT2D eigenvalue weighted by Crippen LogP contribution is -2.52. The lowest BCUT2D eigenvalue weighted by atomic mass is 10.1. The van der Waals surface area contributed by atoms with Gasteiger partial charge in [-0.2, -0.15) is 0 Å². The molecule has 4 N–H and O–H groups in total. The zero-order valence-electron chi connectivity index (χ0n) is 24.5. The SMILES string of the molecule is O=C(O)c1ccc(C(=O)N[C@H]2COC[C@H]2NC(=O)c2ccc(C(=O)O)c(=O)n2OCc2ccccc2)n(OCc2ccccc2)c1=O. The molecule has 0 bridgehead atoms. The number of hydrogen-bond donors (Lipinski definition) is 4. The van der Waals surface area contributed by atoms with Crippen LogP contribution >= 0.6 is 0 Å². The van der Waals surface area contributed by atoms with Gasteiger partial charge in [-0.3, -0.25) is 19.2 Å². The molecule has 0 unspecified atom stereocenters. The van der Waals surface area contributed by atoms with Gasteiger partial charge in [0.05, 0.1) is 25.3 Å².